The predicted octanol–water partition coefficient (Wildman–Crippen LogP) is 3.90. The van der Waals surface area contributed by atoms with E-state index in [9.17, 15) is 9.90 Å². The number of benzene rings is 1. The van der Waals surface area contributed by atoms with E-state index in [0.717, 1.165) is 62.5 Å². The Balaban J connectivity index is 1.57. The second kappa shape index (κ2) is 7.82. The largest absolute Gasteiger partial charge is 0.388 e. The molecule has 0 spiro atoms. The van der Waals surface area contributed by atoms with Gasteiger partial charge in [0.25, 0.3) is 5.91 Å². The van der Waals surface area contributed by atoms with Crippen LogP contribution in [0.25, 0.3) is 10.9 Å². The lowest BCUT2D eigenvalue weighted by Gasteiger charge is -2.32. The SMILES string of the molecule is O=C(NCC1(O)CCCCC1)c1cn(CC2CCCO2)c2cccc(Cl)c12. The Bertz CT molecular complexity index is 820. The third-order valence-corrected chi connectivity index (χ3v) is 6.20. The van der Waals surface area contributed by atoms with Gasteiger partial charge in [0.15, 0.2) is 0 Å². The number of carbonyl (C=O) groups excluding carboxylic acids is 1. The van der Waals surface area contributed by atoms with Crippen molar-refractivity contribution in [3.05, 3.63) is 35.0 Å². The lowest BCUT2D eigenvalue weighted by molar-refractivity contribution is 0.00527. The lowest BCUT2D eigenvalue weighted by Crippen LogP contribution is -2.44. The molecule has 1 saturated heterocycles. The highest BCUT2D eigenvalue weighted by Crippen LogP contribution is 2.31. The van der Waals surface area contributed by atoms with E-state index in [0.29, 0.717) is 17.1 Å². The van der Waals surface area contributed by atoms with Crippen molar-refractivity contribution in [3.8, 4) is 0 Å². The van der Waals surface area contributed by atoms with Crippen LogP contribution in [0.1, 0.15) is 55.3 Å². The van der Waals surface area contributed by atoms with Crippen molar-refractivity contribution in [1.29, 1.82) is 0 Å². The number of amides is 1. The average Bonchev–Trinajstić information content (AvgIpc) is 3.30. The Hall–Kier alpha value is -1.56. The molecule has 146 valence electrons. The van der Waals surface area contributed by atoms with Crippen molar-refractivity contribution in [3.63, 3.8) is 0 Å². The zero-order chi connectivity index (χ0) is 18.9. The van der Waals surface area contributed by atoms with Crippen LogP contribution in [0.15, 0.2) is 24.4 Å². The minimum absolute atomic E-state index is 0.179. The van der Waals surface area contributed by atoms with Crippen molar-refractivity contribution in [1.82, 2.24) is 9.88 Å². The number of halogens is 1. The van der Waals surface area contributed by atoms with Gasteiger partial charge in [0.1, 0.15) is 0 Å². The van der Waals surface area contributed by atoms with Crippen LogP contribution < -0.4 is 5.32 Å². The van der Waals surface area contributed by atoms with Gasteiger partial charge >= 0.3 is 0 Å². The second-order valence-electron chi connectivity index (χ2n) is 7.93. The summed E-state index contributed by atoms with van der Waals surface area (Å²) >= 11 is 6.44. The summed E-state index contributed by atoms with van der Waals surface area (Å²) < 4.78 is 7.83. The molecule has 2 fully saturated rings. The Labute approximate surface area is 164 Å². The van der Waals surface area contributed by atoms with E-state index in [2.05, 4.69) is 9.88 Å². The maximum atomic E-state index is 12.9. The second-order valence-corrected chi connectivity index (χ2v) is 8.34. The Kier molecular flexibility index (Phi) is 5.44. The highest BCUT2D eigenvalue weighted by molar-refractivity contribution is 6.36. The molecule has 1 amide bonds. The van der Waals surface area contributed by atoms with Gasteiger partial charge in [-0.1, -0.05) is 36.9 Å². The summed E-state index contributed by atoms with van der Waals surface area (Å²) in [6.07, 6.45) is 8.84. The highest BCUT2D eigenvalue weighted by atomic mass is 35.5. The molecule has 0 bridgehead atoms. The fourth-order valence-electron chi connectivity index (χ4n) is 4.37. The topological polar surface area (TPSA) is 63.5 Å². The molecule has 2 heterocycles. The van der Waals surface area contributed by atoms with Gasteiger partial charge in [0.2, 0.25) is 0 Å². The summed E-state index contributed by atoms with van der Waals surface area (Å²) in [5.74, 6) is -0.182. The van der Waals surface area contributed by atoms with Crippen LogP contribution in [0.3, 0.4) is 0 Å². The number of hydrogen-bond donors (Lipinski definition) is 2. The van der Waals surface area contributed by atoms with E-state index in [1.54, 1.807) is 0 Å². The fraction of sp³-hybridized carbons (Fsp3) is 0.571. The van der Waals surface area contributed by atoms with Gasteiger partial charge in [-0.3, -0.25) is 4.79 Å². The molecule has 2 N–H and O–H groups in total. The molecule has 5 nitrogen and oxygen atoms in total. The van der Waals surface area contributed by atoms with Crippen LogP contribution in [0, 0.1) is 0 Å². The first-order valence-corrected chi connectivity index (χ1v) is 10.3. The van der Waals surface area contributed by atoms with Crippen molar-refractivity contribution in [2.75, 3.05) is 13.2 Å². The first-order chi connectivity index (χ1) is 13.1. The number of ether oxygens (including phenoxy) is 1. The van der Waals surface area contributed by atoms with E-state index in [4.69, 9.17) is 16.3 Å². The summed E-state index contributed by atoms with van der Waals surface area (Å²) in [5.41, 5.74) is 0.723. The van der Waals surface area contributed by atoms with E-state index in [1.165, 1.54) is 0 Å². The number of fused-ring (bicyclic) bond motifs is 1. The quantitative estimate of drug-likeness (QED) is 0.813. The smallest absolute Gasteiger partial charge is 0.253 e. The zero-order valence-corrected chi connectivity index (χ0v) is 16.3. The van der Waals surface area contributed by atoms with Crippen molar-refractivity contribution < 1.29 is 14.6 Å². The monoisotopic (exact) mass is 390 g/mol. The Morgan fingerprint density at radius 1 is 1.30 bits per heavy atom. The molecular weight excluding hydrogens is 364 g/mol. The number of rotatable bonds is 5. The van der Waals surface area contributed by atoms with Gasteiger partial charge in [-0.15, -0.1) is 0 Å². The van der Waals surface area contributed by atoms with Crippen LogP contribution >= 0.6 is 11.6 Å². The molecular formula is C21H27ClN2O3. The molecule has 1 saturated carbocycles. The summed E-state index contributed by atoms with van der Waals surface area (Å²) in [4.78, 5) is 12.9. The minimum Gasteiger partial charge on any atom is -0.388 e. The highest BCUT2D eigenvalue weighted by Gasteiger charge is 2.30. The third-order valence-electron chi connectivity index (χ3n) is 5.89. The normalized spacial score (nSPS) is 22.2. The molecule has 4 rings (SSSR count). The fourth-order valence-corrected chi connectivity index (χ4v) is 4.64. The van der Waals surface area contributed by atoms with Crippen molar-refractivity contribution >= 4 is 28.4 Å². The van der Waals surface area contributed by atoms with Gasteiger partial charge < -0.3 is 19.7 Å². The molecule has 1 aromatic carbocycles. The molecule has 27 heavy (non-hydrogen) atoms. The number of nitrogens with one attached hydrogen (secondary N) is 1. The van der Waals surface area contributed by atoms with Crippen molar-refractivity contribution in [2.24, 2.45) is 0 Å². The molecule has 2 aromatic rings. The first-order valence-electron chi connectivity index (χ1n) is 9.95. The number of aliphatic hydroxyl groups is 1. The van der Waals surface area contributed by atoms with Crippen LogP contribution in [-0.2, 0) is 11.3 Å². The summed E-state index contributed by atoms with van der Waals surface area (Å²) in [7, 11) is 0. The van der Waals surface area contributed by atoms with Crippen LogP contribution in [0.4, 0.5) is 0 Å². The van der Waals surface area contributed by atoms with E-state index < -0.39 is 5.60 Å². The third kappa shape index (κ3) is 4.00. The summed E-state index contributed by atoms with van der Waals surface area (Å²) in [5, 5.41) is 14.9. The average molecular weight is 391 g/mol. The van der Waals surface area contributed by atoms with E-state index >= 15 is 0 Å². The lowest BCUT2D eigenvalue weighted by atomic mass is 9.85. The van der Waals surface area contributed by atoms with Crippen LogP contribution in [-0.4, -0.2) is 40.4 Å². The standard InChI is InChI=1S/C21H27ClN2O3/c22-17-7-4-8-18-19(17)16(13-24(18)12-15-6-5-11-27-15)20(25)23-14-21(26)9-2-1-3-10-21/h4,7-8,13,15,26H,1-3,5-6,9-12,14H2,(H,23,25). The summed E-state index contributed by atoms with van der Waals surface area (Å²) in [6, 6.07) is 5.70. The zero-order valence-electron chi connectivity index (χ0n) is 15.5. The Morgan fingerprint density at radius 3 is 2.85 bits per heavy atom. The Morgan fingerprint density at radius 2 is 2.11 bits per heavy atom. The van der Waals surface area contributed by atoms with Gasteiger partial charge in [-0.05, 0) is 37.8 Å². The maximum Gasteiger partial charge on any atom is 0.253 e. The summed E-state index contributed by atoms with van der Waals surface area (Å²) in [6.45, 7) is 1.80. The molecule has 1 unspecified atom stereocenters. The molecule has 1 atom stereocenters. The number of hydrogen-bond acceptors (Lipinski definition) is 3. The molecule has 6 heteroatoms. The van der Waals surface area contributed by atoms with Crippen LogP contribution in [0.5, 0.6) is 0 Å². The van der Waals surface area contributed by atoms with Crippen LogP contribution in [0.2, 0.25) is 5.02 Å². The number of nitrogens with zero attached hydrogens (tertiary/aromatic N) is 1. The van der Waals surface area contributed by atoms with E-state index in [-0.39, 0.29) is 18.6 Å². The molecule has 0 radical (unpaired) electrons. The van der Waals surface area contributed by atoms with Gasteiger partial charge in [0.05, 0.1) is 27.8 Å². The first kappa shape index (κ1) is 18.8. The minimum atomic E-state index is -0.784. The number of carbonyl (C=O) groups is 1. The number of aromatic nitrogens is 1. The van der Waals surface area contributed by atoms with Crippen molar-refractivity contribution in [2.45, 2.75) is 63.2 Å². The predicted molar refractivity (Wildman–Crippen MR) is 106 cm³/mol. The van der Waals surface area contributed by atoms with Gasteiger partial charge in [-0.2, -0.15) is 0 Å². The molecule has 1 aliphatic carbocycles. The maximum absolute atomic E-state index is 12.9. The van der Waals surface area contributed by atoms with Gasteiger partial charge in [-0.25, -0.2) is 0 Å². The molecule has 2 aliphatic rings. The van der Waals surface area contributed by atoms with E-state index in [1.807, 2.05) is 24.4 Å². The molecule has 1 aromatic heterocycles. The molecule has 1 aliphatic heterocycles. The van der Waals surface area contributed by atoms with Gasteiger partial charge in [0, 0.05) is 31.3 Å².